The molecule has 2 aromatic rings. The van der Waals surface area contributed by atoms with E-state index in [1.54, 1.807) is 0 Å². The van der Waals surface area contributed by atoms with Gasteiger partial charge in [-0.05, 0) is 49.9 Å². The first-order chi connectivity index (χ1) is 13.2. The fourth-order valence-corrected chi connectivity index (χ4v) is 3.82. The van der Waals surface area contributed by atoms with E-state index in [1.165, 1.54) is 37.7 Å². The summed E-state index contributed by atoms with van der Waals surface area (Å²) in [5.41, 5.74) is 3.49. The molecular weight excluding hydrogens is 358 g/mol. The van der Waals surface area contributed by atoms with Crippen LogP contribution in [0.5, 0.6) is 11.5 Å². The Morgan fingerprint density at radius 3 is 2.44 bits per heavy atom. The maximum atomic E-state index is 6.55. The van der Waals surface area contributed by atoms with Gasteiger partial charge in [-0.1, -0.05) is 60.7 Å². The molecular formula is C23H30ClNO2. The fourth-order valence-electron chi connectivity index (χ4n) is 3.54. The summed E-state index contributed by atoms with van der Waals surface area (Å²) in [5.74, 6) is 1.35. The van der Waals surface area contributed by atoms with Crippen molar-refractivity contribution in [2.24, 2.45) is 0 Å². The fraction of sp³-hybridized carbons (Fsp3) is 0.478. The molecule has 1 N–H and O–H groups in total. The van der Waals surface area contributed by atoms with Crippen LogP contribution >= 0.6 is 11.6 Å². The third kappa shape index (κ3) is 5.88. The first-order valence-electron chi connectivity index (χ1n) is 10.0. The number of hydrogen-bond acceptors (Lipinski definition) is 3. The largest absolute Gasteiger partial charge is 0.490 e. The molecule has 0 radical (unpaired) electrons. The van der Waals surface area contributed by atoms with Gasteiger partial charge in [0.05, 0.1) is 11.6 Å². The Balaban J connectivity index is 1.68. The standard InChI is InChI=1S/C23H30ClNO2/c1-3-26-22-14-19(15-25-20-7-5-4-6-8-20)13-21(24)23(22)27-16-18-11-9-17(2)10-12-18/h9-14,20,25H,3-8,15-16H2,1-2H3. The van der Waals surface area contributed by atoms with Gasteiger partial charge in [0.25, 0.3) is 0 Å². The lowest BCUT2D eigenvalue weighted by Gasteiger charge is -2.23. The highest BCUT2D eigenvalue weighted by Gasteiger charge is 2.16. The highest BCUT2D eigenvalue weighted by atomic mass is 35.5. The van der Waals surface area contributed by atoms with Gasteiger partial charge in [0.15, 0.2) is 11.5 Å². The van der Waals surface area contributed by atoms with Crippen LogP contribution in [-0.4, -0.2) is 12.6 Å². The number of nitrogens with one attached hydrogen (secondary N) is 1. The quantitative estimate of drug-likeness (QED) is 0.598. The molecule has 0 atom stereocenters. The minimum Gasteiger partial charge on any atom is -0.490 e. The molecule has 0 aromatic heterocycles. The van der Waals surface area contributed by atoms with E-state index in [0.717, 1.165) is 23.4 Å². The summed E-state index contributed by atoms with van der Waals surface area (Å²) in [4.78, 5) is 0. The summed E-state index contributed by atoms with van der Waals surface area (Å²) >= 11 is 6.55. The molecule has 3 rings (SSSR count). The van der Waals surface area contributed by atoms with Crippen LogP contribution in [0, 0.1) is 6.92 Å². The number of rotatable bonds is 8. The zero-order chi connectivity index (χ0) is 19.1. The van der Waals surface area contributed by atoms with Crippen molar-refractivity contribution >= 4 is 11.6 Å². The average Bonchev–Trinajstić information content (AvgIpc) is 2.68. The van der Waals surface area contributed by atoms with Crippen LogP contribution in [0.15, 0.2) is 36.4 Å². The lowest BCUT2D eigenvalue weighted by molar-refractivity contribution is 0.269. The Kier molecular flexibility index (Phi) is 7.42. The number of halogens is 1. The molecule has 1 aliphatic rings. The van der Waals surface area contributed by atoms with Gasteiger partial charge in [-0.25, -0.2) is 0 Å². The lowest BCUT2D eigenvalue weighted by Crippen LogP contribution is -2.30. The van der Waals surface area contributed by atoms with Crippen molar-refractivity contribution in [3.8, 4) is 11.5 Å². The normalized spacial score (nSPS) is 14.9. The Morgan fingerprint density at radius 1 is 1.00 bits per heavy atom. The smallest absolute Gasteiger partial charge is 0.180 e. The molecule has 2 aromatic carbocycles. The number of aryl methyl sites for hydroxylation is 1. The molecule has 3 nitrogen and oxygen atoms in total. The topological polar surface area (TPSA) is 30.5 Å². The Hall–Kier alpha value is -1.71. The Morgan fingerprint density at radius 2 is 1.74 bits per heavy atom. The van der Waals surface area contributed by atoms with Crippen LogP contribution in [0.4, 0.5) is 0 Å². The van der Waals surface area contributed by atoms with Crippen molar-refractivity contribution in [3.63, 3.8) is 0 Å². The van der Waals surface area contributed by atoms with Crippen LogP contribution in [0.1, 0.15) is 55.7 Å². The number of ether oxygens (including phenoxy) is 2. The summed E-state index contributed by atoms with van der Waals surface area (Å²) in [6.45, 7) is 5.92. The monoisotopic (exact) mass is 387 g/mol. The van der Waals surface area contributed by atoms with Crippen LogP contribution < -0.4 is 14.8 Å². The molecule has 0 bridgehead atoms. The second-order valence-electron chi connectivity index (χ2n) is 7.33. The summed E-state index contributed by atoms with van der Waals surface area (Å²) in [7, 11) is 0. The third-order valence-electron chi connectivity index (χ3n) is 5.07. The van der Waals surface area contributed by atoms with Crippen molar-refractivity contribution < 1.29 is 9.47 Å². The minimum absolute atomic E-state index is 0.472. The molecule has 4 heteroatoms. The molecule has 146 valence electrons. The molecule has 27 heavy (non-hydrogen) atoms. The maximum Gasteiger partial charge on any atom is 0.180 e. The van der Waals surface area contributed by atoms with Gasteiger partial charge in [0.1, 0.15) is 6.61 Å². The number of benzene rings is 2. The Bertz CT molecular complexity index is 724. The van der Waals surface area contributed by atoms with Crippen molar-refractivity contribution in [2.45, 2.75) is 65.1 Å². The SMILES string of the molecule is CCOc1cc(CNC2CCCCC2)cc(Cl)c1OCc1ccc(C)cc1. The Labute approximate surface area is 168 Å². The van der Waals surface area contributed by atoms with Gasteiger partial charge < -0.3 is 14.8 Å². The molecule has 0 unspecified atom stereocenters. The summed E-state index contributed by atoms with van der Waals surface area (Å²) in [6, 6.07) is 13.0. The van der Waals surface area contributed by atoms with E-state index in [0.29, 0.717) is 30.0 Å². The van der Waals surface area contributed by atoms with Crippen LogP contribution in [0.3, 0.4) is 0 Å². The highest BCUT2D eigenvalue weighted by molar-refractivity contribution is 6.32. The van der Waals surface area contributed by atoms with E-state index >= 15 is 0 Å². The summed E-state index contributed by atoms with van der Waals surface area (Å²) in [6.07, 6.45) is 6.56. The first kappa shape index (κ1) is 20.0. The van der Waals surface area contributed by atoms with Gasteiger partial charge in [-0.3, -0.25) is 0 Å². The van der Waals surface area contributed by atoms with Crippen molar-refractivity contribution in [2.75, 3.05) is 6.61 Å². The van der Waals surface area contributed by atoms with Crippen molar-refractivity contribution in [1.82, 2.24) is 5.32 Å². The summed E-state index contributed by atoms with van der Waals surface area (Å²) < 4.78 is 11.8. The van der Waals surface area contributed by atoms with Crippen molar-refractivity contribution in [3.05, 3.63) is 58.1 Å². The third-order valence-corrected chi connectivity index (χ3v) is 5.35. The van der Waals surface area contributed by atoms with E-state index in [1.807, 2.05) is 13.0 Å². The predicted molar refractivity (Wildman–Crippen MR) is 112 cm³/mol. The molecule has 0 heterocycles. The second kappa shape index (κ2) is 10.0. The zero-order valence-corrected chi connectivity index (χ0v) is 17.1. The summed E-state index contributed by atoms with van der Waals surface area (Å²) in [5, 5.41) is 4.27. The van der Waals surface area contributed by atoms with E-state index in [9.17, 15) is 0 Å². The van der Waals surface area contributed by atoms with E-state index in [-0.39, 0.29) is 0 Å². The van der Waals surface area contributed by atoms with Gasteiger partial charge in [-0.2, -0.15) is 0 Å². The molecule has 1 fully saturated rings. The van der Waals surface area contributed by atoms with E-state index in [4.69, 9.17) is 21.1 Å². The molecule has 1 aliphatic carbocycles. The second-order valence-corrected chi connectivity index (χ2v) is 7.74. The van der Waals surface area contributed by atoms with Crippen LogP contribution in [0.2, 0.25) is 5.02 Å². The van der Waals surface area contributed by atoms with Gasteiger partial charge in [0.2, 0.25) is 0 Å². The van der Waals surface area contributed by atoms with E-state index < -0.39 is 0 Å². The van der Waals surface area contributed by atoms with Crippen LogP contribution in [-0.2, 0) is 13.2 Å². The van der Waals surface area contributed by atoms with E-state index in [2.05, 4.69) is 42.6 Å². The molecule has 1 saturated carbocycles. The average molecular weight is 388 g/mol. The molecule has 0 spiro atoms. The zero-order valence-electron chi connectivity index (χ0n) is 16.4. The predicted octanol–water partition coefficient (Wildman–Crippen LogP) is 6.05. The van der Waals surface area contributed by atoms with Gasteiger partial charge >= 0.3 is 0 Å². The van der Waals surface area contributed by atoms with Gasteiger partial charge in [0, 0.05) is 12.6 Å². The number of hydrogen-bond donors (Lipinski definition) is 1. The lowest BCUT2D eigenvalue weighted by atomic mass is 9.95. The maximum absolute atomic E-state index is 6.55. The van der Waals surface area contributed by atoms with Crippen molar-refractivity contribution in [1.29, 1.82) is 0 Å². The van der Waals surface area contributed by atoms with Gasteiger partial charge in [-0.15, -0.1) is 0 Å². The highest BCUT2D eigenvalue weighted by Crippen LogP contribution is 2.37. The molecule has 0 amide bonds. The molecule has 0 aliphatic heterocycles. The molecule has 0 saturated heterocycles. The minimum atomic E-state index is 0.472. The van der Waals surface area contributed by atoms with Crippen LogP contribution in [0.25, 0.3) is 0 Å². The first-order valence-corrected chi connectivity index (χ1v) is 10.4.